The summed E-state index contributed by atoms with van der Waals surface area (Å²) in [6.45, 7) is 0.752. The quantitative estimate of drug-likeness (QED) is 0.467. The molecule has 0 aromatic rings. The zero-order valence-electron chi connectivity index (χ0n) is 4.63. The number of hydrogen-bond donors (Lipinski definition) is 3. The maximum Gasteiger partial charge on any atom is 0.0528 e. The van der Waals surface area contributed by atoms with E-state index in [4.69, 9.17) is 9.11 Å². The van der Waals surface area contributed by atoms with Crippen LogP contribution in [-0.4, -0.2) is 21.4 Å². The molecular weight excluding hydrogens is 126 g/mol. The molecule has 8 heavy (non-hydrogen) atoms. The SMILES string of the molecule is OS1(O)CCCCN1. The molecule has 0 unspecified atom stereocenters. The molecule has 3 N–H and O–H groups in total. The summed E-state index contributed by atoms with van der Waals surface area (Å²) >= 11 is 0. The van der Waals surface area contributed by atoms with Gasteiger partial charge in [0.25, 0.3) is 0 Å². The molecule has 0 spiro atoms. The summed E-state index contributed by atoms with van der Waals surface area (Å²) in [5.41, 5.74) is 0. The van der Waals surface area contributed by atoms with Crippen molar-refractivity contribution in [2.24, 2.45) is 0 Å². The Morgan fingerprint density at radius 1 is 1.25 bits per heavy atom. The van der Waals surface area contributed by atoms with Crippen LogP contribution in [0.25, 0.3) is 0 Å². The van der Waals surface area contributed by atoms with E-state index in [0.717, 1.165) is 19.4 Å². The molecule has 0 aliphatic carbocycles. The molecular formula is C4H11NO2S. The van der Waals surface area contributed by atoms with Crippen molar-refractivity contribution in [1.82, 2.24) is 4.72 Å². The van der Waals surface area contributed by atoms with Crippen molar-refractivity contribution in [1.29, 1.82) is 0 Å². The van der Waals surface area contributed by atoms with Crippen LogP contribution in [-0.2, 0) is 0 Å². The zero-order chi connectivity index (χ0) is 6.04. The van der Waals surface area contributed by atoms with Crippen LogP contribution in [0.5, 0.6) is 0 Å². The van der Waals surface area contributed by atoms with Crippen LogP contribution in [0.2, 0.25) is 0 Å². The van der Waals surface area contributed by atoms with Crippen LogP contribution in [0.4, 0.5) is 0 Å². The molecule has 1 aliphatic heterocycles. The average molecular weight is 137 g/mol. The van der Waals surface area contributed by atoms with Crippen LogP contribution in [0.15, 0.2) is 0 Å². The lowest BCUT2D eigenvalue weighted by Gasteiger charge is -2.36. The highest BCUT2D eigenvalue weighted by atomic mass is 32.3. The highest BCUT2D eigenvalue weighted by Crippen LogP contribution is 2.36. The second kappa shape index (κ2) is 2.23. The van der Waals surface area contributed by atoms with Crippen LogP contribution in [0.1, 0.15) is 12.8 Å². The molecule has 1 aliphatic rings. The average Bonchev–Trinajstić information content (AvgIpc) is 1.65. The largest absolute Gasteiger partial charge is 0.286 e. The highest BCUT2D eigenvalue weighted by Gasteiger charge is 2.14. The Hall–Kier alpha value is 0.230. The van der Waals surface area contributed by atoms with Crippen molar-refractivity contribution < 1.29 is 9.11 Å². The molecule has 0 saturated carbocycles. The van der Waals surface area contributed by atoms with E-state index < -0.39 is 10.8 Å². The van der Waals surface area contributed by atoms with Gasteiger partial charge in [0.1, 0.15) is 0 Å². The van der Waals surface area contributed by atoms with Crippen molar-refractivity contribution in [2.45, 2.75) is 12.8 Å². The topological polar surface area (TPSA) is 52.5 Å². The molecule has 0 bridgehead atoms. The van der Waals surface area contributed by atoms with Gasteiger partial charge in [-0.1, -0.05) is 0 Å². The first-order valence-corrected chi connectivity index (χ1v) is 4.43. The van der Waals surface area contributed by atoms with Crippen molar-refractivity contribution in [3.05, 3.63) is 0 Å². The smallest absolute Gasteiger partial charge is 0.0528 e. The normalized spacial score (nSPS) is 31.8. The third-order valence-corrected chi connectivity index (χ3v) is 2.71. The molecule has 0 atom stereocenters. The van der Waals surface area contributed by atoms with Crippen molar-refractivity contribution >= 4 is 10.8 Å². The van der Waals surface area contributed by atoms with Gasteiger partial charge in [0.15, 0.2) is 0 Å². The van der Waals surface area contributed by atoms with Gasteiger partial charge in [0.05, 0.1) is 5.75 Å². The fraction of sp³-hybridized carbons (Fsp3) is 1.00. The van der Waals surface area contributed by atoms with Crippen LogP contribution >= 0.6 is 10.8 Å². The first-order chi connectivity index (χ1) is 3.71. The van der Waals surface area contributed by atoms with Gasteiger partial charge >= 0.3 is 0 Å². The highest BCUT2D eigenvalue weighted by molar-refractivity contribution is 8.22. The van der Waals surface area contributed by atoms with Gasteiger partial charge < -0.3 is 0 Å². The molecule has 4 heteroatoms. The standard InChI is InChI=1S/C4H11NO2S/c6-8(7)4-2-1-3-5-8/h5-7H,1-4H2. The molecule has 0 radical (unpaired) electrons. The monoisotopic (exact) mass is 137 g/mol. The molecule has 1 rings (SSSR count). The molecule has 50 valence electrons. The second-order valence-electron chi connectivity index (χ2n) is 1.97. The summed E-state index contributed by atoms with van der Waals surface area (Å²) in [4.78, 5) is 0. The summed E-state index contributed by atoms with van der Waals surface area (Å²) in [6, 6.07) is 0. The third-order valence-electron chi connectivity index (χ3n) is 1.19. The van der Waals surface area contributed by atoms with Gasteiger partial charge in [-0.05, 0) is 12.8 Å². The zero-order valence-corrected chi connectivity index (χ0v) is 5.45. The Morgan fingerprint density at radius 2 is 2.00 bits per heavy atom. The van der Waals surface area contributed by atoms with Gasteiger partial charge in [0.2, 0.25) is 0 Å². The Bertz CT molecular complexity index is 78.1. The van der Waals surface area contributed by atoms with Gasteiger partial charge in [-0.3, -0.25) is 9.11 Å². The fourth-order valence-corrected chi connectivity index (χ4v) is 1.96. The lowest BCUT2D eigenvalue weighted by Crippen LogP contribution is -2.28. The lowest BCUT2D eigenvalue weighted by atomic mass is 10.3. The Labute approximate surface area is 50.6 Å². The summed E-state index contributed by atoms with van der Waals surface area (Å²) < 4.78 is 20.5. The Kier molecular flexibility index (Phi) is 1.77. The van der Waals surface area contributed by atoms with E-state index in [1.165, 1.54) is 0 Å². The predicted octanol–water partition coefficient (Wildman–Crippen LogP) is 1.04. The third kappa shape index (κ3) is 1.63. The Morgan fingerprint density at radius 3 is 2.25 bits per heavy atom. The van der Waals surface area contributed by atoms with Gasteiger partial charge in [-0.25, -0.2) is 4.72 Å². The molecule has 0 aromatic carbocycles. The second-order valence-corrected chi connectivity index (χ2v) is 4.00. The van der Waals surface area contributed by atoms with Crippen LogP contribution in [0, 0.1) is 0 Å². The van der Waals surface area contributed by atoms with E-state index in [1.54, 1.807) is 0 Å². The molecule has 0 aromatic heterocycles. The van der Waals surface area contributed by atoms with E-state index in [1.807, 2.05) is 0 Å². The van der Waals surface area contributed by atoms with Crippen LogP contribution < -0.4 is 4.72 Å². The Balaban J connectivity index is 2.33. The summed E-state index contributed by atoms with van der Waals surface area (Å²) in [6.07, 6.45) is 2.01. The molecule has 0 amide bonds. The van der Waals surface area contributed by atoms with Gasteiger partial charge in [-0.15, -0.1) is 10.8 Å². The van der Waals surface area contributed by atoms with Crippen molar-refractivity contribution in [3.63, 3.8) is 0 Å². The molecule has 1 fully saturated rings. The summed E-state index contributed by atoms with van der Waals surface area (Å²) in [5, 5.41) is 0. The number of nitrogens with one attached hydrogen (secondary N) is 1. The molecule has 1 saturated heterocycles. The van der Waals surface area contributed by atoms with Crippen LogP contribution in [0.3, 0.4) is 0 Å². The summed E-state index contributed by atoms with van der Waals surface area (Å²) in [7, 11) is -2.33. The minimum atomic E-state index is -2.33. The number of hydrogen-bond acceptors (Lipinski definition) is 3. The first kappa shape index (κ1) is 6.35. The van der Waals surface area contributed by atoms with Gasteiger partial charge in [0, 0.05) is 6.54 Å². The molecule has 1 heterocycles. The van der Waals surface area contributed by atoms with E-state index in [0.29, 0.717) is 5.75 Å². The lowest BCUT2D eigenvalue weighted by molar-refractivity contribution is 0.453. The van der Waals surface area contributed by atoms with E-state index in [2.05, 4.69) is 4.72 Å². The van der Waals surface area contributed by atoms with Gasteiger partial charge in [-0.2, -0.15) is 0 Å². The maximum absolute atomic E-state index is 8.90. The summed E-state index contributed by atoms with van der Waals surface area (Å²) in [5.74, 6) is 0.535. The molecule has 3 nitrogen and oxygen atoms in total. The van der Waals surface area contributed by atoms with Crippen molar-refractivity contribution in [2.75, 3.05) is 12.3 Å². The minimum absolute atomic E-state index is 0.535. The van der Waals surface area contributed by atoms with E-state index >= 15 is 0 Å². The van der Waals surface area contributed by atoms with Crippen molar-refractivity contribution in [3.8, 4) is 0 Å². The van der Waals surface area contributed by atoms with E-state index in [-0.39, 0.29) is 0 Å². The first-order valence-electron chi connectivity index (χ1n) is 2.71. The fourth-order valence-electron chi connectivity index (χ4n) is 0.736. The van der Waals surface area contributed by atoms with E-state index in [9.17, 15) is 0 Å². The maximum atomic E-state index is 8.90. The predicted molar refractivity (Wildman–Crippen MR) is 35.0 cm³/mol. The minimum Gasteiger partial charge on any atom is -0.286 e. The number of rotatable bonds is 0.